The van der Waals surface area contributed by atoms with E-state index >= 15 is 0 Å². The van der Waals surface area contributed by atoms with Crippen molar-refractivity contribution < 1.29 is 19.3 Å². The smallest absolute Gasteiger partial charge is 0.280 e. The number of hydrogen-bond acceptors (Lipinski definition) is 8. The Morgan fingerprint density at radius 2 is 1.65 bits per heavy atom. The van der Waals surface area contributed by atoms with E-state index in [4.69, 9.17) is 19.9 Å². The highest BCUT2D eigenvalue weighted by molar-refractivity contribution is 5.70. The minimum absolute atomic E-state index is 0.0207. The Morgan fingerprint density at radius 1 is 1.02 bits per heavy atom. The van der Waals surface area contributed by atoms with Crippen molar-refractivity contribution in [1.29, 1.82) is 0 Å². The molecular formula is C30H29N5O5. The minimum Gasteiger partial charge on any atom is -0.497 e. The Balaban J connectivity index is 1.36. The molecule has 0 spiro atoms. The lowest BCUT2D eigenvalue weighted by molar-refractivity contribution is -0.0930. The first-order valence-electron chi connectivity index (χ1n) is 12.9. The van der Waals surface area contributed by atoms with E-state index in [-0.39, 0.29) is 24.5 Å². The molecule has 1 saturated heterocycles. The average molecular weight is 540 g/mol. The van der Waals surface area contributed by atoms with Crippen LogP contribution in [0.1, 0.15) is 29.3 Å². The third kappa shape index (κ3) is 4.51. The van der Waals surface area contributed by atoms with Gasteiger partial charge in [-0.1, -0.05) is 72.8 Å². The van der Waals surface area contributed by atoms with Gasteiger partial charge >= 0.3 is 0 Å². The zero-order valence-corrected chi connectivity index (χ0v) is 21.8. The number of ether oxygens (including phenoxy) is 3. The van der Waals surface area contributed by atoms with Gasteiger partial charge in [0, 0.05) is 6.42 Å². The molecule has 3 aromatic carbocycles. The molecule has 0 radical (unpaired) electrons. The molecule has 1 fully saturated rings. The number of aliphatic hydroxyl groups excluding tert-OH is 1. The van der Waals surface area contributed by atoms with Crippen molar-refractivity contribution >= 4 is 17.1 Å². The number of nitrogen functional groups attached to an aromatic ring is 1. The number of methoxy groups -OCH3 is 1. The second kappa shape index (κ2) is 10.6. The number of aromatic nitrogens is 4. The fourth-order valence-electron chi connectivity index (χ4n) is 5.32. The van der Waals surface area contributed by atoms with Crippen LogP contribution in [-0.4, -0.2) is 50.6 Å². The quantitative estimate of drug-likeness (QED) is 0.255. The zero-order chi connectivity index (χ0) is 27.7. The van der Waals surface area contributed by atoms with Gasteiger partial charge in [-0.25, -0.2) is 4.98 Å². The summed E-state index contributed by atoms with van der Waals surface area (Å²) in [5.74, 6) is 0.712. The van der Waals surface area contributed by atoms with Gasteiger partial charge in [0.2, 0.25) is 5.95 Å². The SMILES string of the molecule is COc1ccc(C(OCC2OC(n3cnc4c(=O)[nH]c(N)nc43)CC2O)(c2ccccc2)c2ccccc2)cc1. The standard InChI is InChI=1S/C30H29N5O5/c1-38-22-14-12-21(13-15-22)30(19-8-4-2-5-9-19,20-10-6-3-7-11-20)39-17-24-23(36)16-25(40-24)35-18-32-26-27(35)33-29(31)34-28(26)37/h2-15,18,23-25,36H,16-17H2,1H3,(H3,31,33,34,37). The van der Waals surface area contributed by atoms with E-state index in [1.54, 1.807) is 11.7 Å². The van der Waals surface area contributed by atoms with Crippen LogP contribution in [0.5, 0.6) is 5.75 Å². The number of aromatic amines is 1. The molecule has 40 heavy (non-hydrogen) atoms. The van der Waals surface area contributed by atoms with E-state index in [0.717, 1.165) is 22.4 Å². The van der Waals surface area contributed by atoms with Crippen LogP contribution < -0.4 is 16.0 Å². The Labute approximate surface area is 230 Å². The molecule has 10 nitrogen and oxygen atoms in total. The topological polar surface area (TPSA) is 138 Å². The lowest BCUT2D eigenvalue weighted by atomic mass is 9.80. The van der Waals surface area contributed by atoms with Crippen LogP contribution >= 0.6 is 0 Å². The Kier molecular flexibility index (Phi) is 6.81. The minimum atomic E-state index is -0.999. The summed E-state index contributed by atoms with van der Waals surface area (Å²) in [4.78, 5) is 23.1. The fourth-order valence-corrected chi connectivity index (χ4v) is 5.32. The van der Waals surface area contributed by atoms with Crippen molar-refractivity contribution in [2.24, 2.45) is 0 Å². The average Bonchev–Trinajstić information content (AvgIpc) is 3.58. The number of nitrogens with two attached hydrogens (primary N) is 1. The molecule has 1 aliphatic heterocycles. The van der Waals surface area contributed by atoms with Crippen molar-refractivity contribution in [3.05, 3.63) is 118 Å². The van der Waals surface area contributed by atoms with E-state index in [9.17, 15) is 9.90 Å². The predicted molar refractivity (Wildman–Crippen MR) is 149 cm³/mol. The molecule has 4 N–H and O–H groups in total. The summed E-state index contributed by atoms with van der Waals surface area (Å²) in [7, 11) is 1.63. The van der Waals surface area contributed by atoms with Crippen LogP contribution in [0.25, 0.3) is 11.2 Å². The molecule has 3 unspecified atom stereocenters. The highest BCUT2D eigenvalue weighted by atomic mass is 16.6. The van der Waals surface area contributed by atoms with Gasteiger partial charge in [0.15, 0.2) is 11.2 Å². The largest absolute Gasteiger partial charge is 0.497 e. The van der Waals surface area contributed by atoms with Gasteiger partial charge < -0.3 is 25.1 Å². The van der Waals surface area contributed by atoms with Crippen molar-refractivity contribution in [3.63, 3.8) is 0 Å². The Morgan fingerprint density at radius 3 is 2.27 bits per heavy atom. The number of hydrogen-bond donors (Lipinski definition) is 3. The van der Waals surface area contributed by atoms with Crippen molar-refractivity contribution in [3.8, 4) is 5.75 Å². The number of rotatable bonds is 8. The monoisotopic (exact) mass is 539 g/mol. The van der Waals surface area contributed by atoms with Gasteiger partial charge in [-0.15, -0.1) is 0 Å². The second-order valence-electron chi connectivity index (χ2n) is 9.66. The Hall–Kier alpha value is -4.51. The number of nitrogens with one attached hydrogen (secondary N) is 1. The van der Waals surface area contributed by atoms with E-state index in [1.165, 1.54) is 6.33 Å². The number of anilines is 1. The number of benzene rings is 3. The number of fused-ring (bicyclic) bond motifs is 1. The first-order valence-corrected chi connectivity index (χ1v) is 12.9. The van der Waals surface area contributed by atoms with Crippen LogP contribution in [0, 0.1) is 0 Å². The molecule has 10 heteroatoms. The Bertz CT molecular complexity index is 1610. The molecule has 3 atom stereocenters. The van der Waals surface area contributed by atoms with E-state index in [1.807, 2.05) is 84.9 Å². The number of H-pyrrole nitrogens is 1. The van der Waals surface area contributed by atoms with E-state index in [2.05, 4.69) is 15.0 Å². The van der Waals surface area contributed by atoms with E-state index < -0.39 is 29.6 Å². The zero-order valence-electron chi connectivity index (χ0n) is 21.8. The van der Waals surface area contributed by atoms with Gasteiger partial charge in [-0.2, -0.15) is 4.98 Å². The molecule has 0 aliphatic carbocycles. The normalized spacial score (nSPS) is 19.2. The molecular weight excluding hydrogens is 510 g/mol. The molecule has 3 heterocycles. The summed E-state index contributed by atoms with van der Waals surface area (Å²) in [5.41, 5.74) is 7.52. The first kappa shape index (κ1) is 25.8. The number of nitrogens with zero attached hydrogens (tertiary/aromatic N) is 3. The fraction of sp³-hybridized carbons (Fsp3) is 0.233. The first-order chi connectivity index (χ1) is 19.5. The maximum Gasteiger partial charge on any atom is 0.280 e. The van der Waals surface area contributed by atoms with Crippen molar-refractivity contribution in [1.82, 2.24) is 19.5 Å². The van der Waals surface area contributed by atoms with Crippen LogP contribution in [-0.2, 0) is 15.1 Å². The molecule has 2 aromatic heterocycles. The molecule has 1 aliphatic rings. The molecule has 204 valence electrons. The van der Waals surface area contributed by atoms with Crippen LogP contribution in [0.2, 0.25) is 0 Å². The van der Waals surface area contributed by atoms with Crippen LogP contribution in [0.15, 0.2) is 96.1 Å². The third-order valence-electron chi connectivity index (χ3n) is 7.29. The van der Waals surface area contributed by atoms with E-state index in [0.29, 0.717) is 5.65 Å². The molecule has 0 amide bonds. The maximum atomic E-state index is 12.2. The third-order valence-corrected chi connectivity index (χ3v) is 7.29. The number of aliphatic hydroxyl groups is 1. The van der Waals surface area contributed by atoms with Gasteiger partial charge in [0.05, 0.1) is 26.1 Å². The highest BCUT2D eigenvalue weighted by Gasteiger charge is 2.42. The summed E-state index contributed by atoms with van der Waals surface area (Å²) >= 11 is 0. The lowest BCUT2D eigenvalue weighted by Crippen LogP contribution is -2.38. The van der Waals surface area contributed by atoms with Gasteiger partial charge in [-0.05, 0) is 28.8 Å². The van der Waals surface area contributed by atoms with Crippen LogP contribution in [0.4, 0.5) is 5.95 Å². The second-order valence-corrected chi connectivity index (χ2v) is 9.66. The molecule has 0 saturated carbocycles. The van der Waals surface area contributed by atoms with Gasteiger partial charge in [0.25, 0.3) is 5.56 Å². The van der Waals surface area contributed by atoms with Crippen molar-refractivity contribution in [2.45, 2.75) is 30.5 Å². The highest BCUT2D eigenvalue weighted by Crippen LogP contribution is 2.42. The summed E-state index contributed by atoms with van der Waals surface area (Å²) < 4.78 is 20.2. The molecule has 0 bridgehead atoms. The summed E-state index contributed by atoms with van der Waals surface area (Å²) in [6.45, 7) is 0.0796. The van der Waals surface area contributed by atoms with Crippen LogP contribution in [0.3, 0.4) is 0 Å². The summed E-state index contributed by atoms with van der Waals surface area (Å²) in [6.07, 6.45) is -0.359. The van der Waals surface area contributed by atoms with Gasteiger partial charge in [-0.3, -0.25) is 14.3 Å². The number of imidazole rings is 1. The summed E-state index contributed by atoms with van der Waals surface area (Å²) in [6, 6.07) is 27.7. The summed E-state index contributed by atoms with van der Waals surface area (Å²) in [5, 5.41) is 11.0. The predicted octanol–water partition coefficient (Wildman–Crippen LogP) is 3.37. The maximum absolute atomic E-state index is 12.2. The lowest BCUT2D eigenvalue weighted by Gasteiger charge is -2.37. The van der Waals surface area contributed by atoms with Crippen molar-refractivity contribution in [2.75, 3.05) is 19.5 Å². The molecule has 5 aromatic rings. The van der Waals surface area contributed by atoms with Gasteiger partial charge in [0.1, 0.15) is 23.7 Å². The molecule has 6 rings (SSSR count).